The Labute approximate surface area is 106 Å². The standard InChI is InChI=1S/C10H12N2O7/c1-18-6-5(14)7(9(15)16)19-8(6)12-3-2-4(13)11-10(12)17/h2-3,5-8,14H,1H3,(H,15,16)(H,11,13,17)/t5-,6+,7-,8+/m0/s1. The number of ether oxygens (including phenoxy) is 2. The second-order valence-corrected chi connectivity index (χ2v) is 3.99. The van der Waals surface area contributed by atoms with E-state index in [-0.39, 0.29) is 0 Å². The molecule has 0 spiro atoms. The lowest BCUT2D eigenvalue weighted by atomic mass is 10.1. The number of carbonyl (C=O) groups is 1. The lowest BCUT2D eigenvalue weighted by molar-refractivity contribution is -0.155. The molecule has 3 N–H and O–H groups in total. The monoisotopic (exact) mass is 272 g/mol. The van der Waals surface area contributed by atoms with Crippen molar-refractivity contribution in [2.75, 3.05) is 7.11 Å². The molecule has 0 saturated carbocycles. The van der Waals surface area contributed by atoms with Gasteiger partial charge in [0.05, 0.1) is 0 Å². The quantitative estimate of drug-likeness (QED) is 0.574. The van der Waals surface area contributed by atoms with Crippen LogP contribution in [0.15, 0.2) is 21.9 Å². The topological polar surface area (TPSA) is 131 Å². The first kappa shape index (κ1) is 13.5. The van der Waals surface area contributed by atoms with Gasteiger partial charge in [-0.2, -0.15) is 0 Å². The van der Waals surface area contributed by atoms with Crippen LogP contribution in [0.3, 0.4) is 0 Å². The van der Waals surface area contributed by atoms with Crippen LogP contribution in [0.4, 0.5) is 0 Å². The first-order chi connectivity index (χ1) is 8.95. The summed E-state index contributed by atoms with van der Waals surface area (Å²) in [4.78, 5) is 35.5. The number of rotatable bonds is 3. The third kappa shape index (κ3) is 2.30. The summed E-state index contributed by atoms with van der Waals surface area (Å²) < 4.78 is 11.0. The van der Waals surface area contributed by atoms with Gasteiger partial charge in [0.25, 0.3) is 5.56 Å². The fraction of sp³-hybridized carbons (Fsp3) is 0.500. The zero-order valence-corrected chi connectivity index (χ0v) is 9.85. The predicted octanol–water partition coefficient (Wildman–Crippen LogP) is -2.11. The number of methoxy groups -OCH3 is 1. The molecule has 19 heavy (non-hydrogen) atoms. The fourth-order valence-corrected chi connectivity index (χ4v) is 1.96. The molecule has 9 nitrogen and oxygen atoms in total. The SMILES string of the molecule is CO[C@@H]1[C@H](O)[C@@H](C(=O)O)O[C@H]1n1ccc(=O)[nH]c1=O. The Hall–Kier alpha value is -1.97. The third-order valence-corrected chi connectivity index (χ3v) is 2.85. The Morgan fingerprint density at radius 1 is 1.53 bits per heavy atom. The third-order valence-electron chi connectivity index (χ3n) is 2.85. The van der Waals surface area contributed by atoms with Gasteiger partial charge in [-0.05, 0) is 0 Å². The van der Waals surface area contributed by atoms with E-state index in [2.05, 4.69) is 0 Å². The molecule has 1 aliphatic heterocycles. The largest absolute Gasteiger partial charge is 0.479 e. The first-order valence-electron chi connectivity index (χ1n) is 5.36. The van der Waals surface area contributed by atoms with Gasteiger partial charge in [0, 0.05) is 19.4 Å². The van der Waals surface area contributed by atoms with Gasteiger partial charge < -0.3 is 19.7 Å². The number of aliphatic hydroxyl groups is 1. The molecule has 0 unspecified atom stereocenters. The second kappa shape index (κ2) is 4.96. The van der Waals surface area contributed by atoms with E-state index in [4.69, 9.17) is 14.6 Å². The Morgan fingerprint density at radius 2 is 2.21 bits per heavy atom. The number of H-pyrrole nitrogens is 1. The van der Waals surface area contributed by atoms with E-state index in [9.17, 15) is 19.5 Å². The molecule has 0 amide bonds. The van der Waals surface area contributed by atoms with Crippen molar-refractivity contribution in [3.05, 3.63) is 33.1 Å². The second-order valence-electron chi connectivity index (χ2n) is 3.99. The highest BCUT2D eigenvalue weighted by Crippen LogP contribution is 2.30. The molecule has 4 atom stereocenters. The summed E-state index contributed by atoms with van der Waals surface area (Å²) >= 11 is 0. The molecule has 2 heterocycles. The number of aromatic nitrogens is 2. The summed E-state index contributed by atoms with van der Waals surface area (Å²) in [7, 11) is 1.26. The van der Waals surface area contributed by atoms with Gasteiger partial charge in [-0.25, -0.2) is 9.59 Å². The van der Waals surface area contributed by atoms with Gasteiger partial charge in [0.1, 0.15) is 12.2 Å². The molecule has 2 rings (SSSR count). The van der Waals surface area contributed by atoms with E-state index in [0.29, 0.717) is 0 Å². The van der Waals surface area contributed by atoms with Crippen LogP contribution >= 0.6 is 0 Å². The summed E-state index contributed by atoms with van der Waals surface area (Å²) in [5.41, 5.74) is -1.37. The van der Waals surface area contributed by atoms with Crippen molar-refractivity contribution in [3.8, 4) is 0 Å². The van der Waals surface area contributed by atoms with Crippen LogP contribution < -0.4 is 11.2 Å². The molecule has 0 bridgehead atoms. The molecule has 1 fully saturated rings. The Balaban J connectivity index is 2.41. The molecule has 0 aliphatic carbocycles. The number of hydrogen-bond donors (Lipinski definition) is 3. The number of hydrogen-bond acceptors (Lipinski definition) is 6. The van der Waals surface area contributed by atoms with Crippen molar-refractivity contribution >= 4 is 5.97 Å². The van der Waals surface area contributed by atoms with Gasteiger partial charge in [-0.1, -0.05) is 0 Å². The number of nitrogens with one attached hydrogen (secondary N) is 1. The summed E-state index contributed by atoms with van der Waals surface area (Å²) in [5.74, 6) is -1.37. The van der Waals surface area contributed by atoms with E-state index in [1.165, 1.54) is 7.11 Å². The number of nitrogens with zero attached hydrogens (tertiary/aromatic N) is 1. The molecular formula is C10H12N2O7. The Morgan fingerprint density at radius 3 is 2.74 bits per heavy atom. The average Bonchev–Trinajstić information content (AvgIpc) is 2.66. The first-order valence-corrected chi connectivity index (χ1v) is 5.36. The molecule has 1 aromatic heterocycles. The van der Waals surface area contributed by atoms with Crippen LogP contribution in [0.25, 0.3) is 0 Å². The van der Waals surface area contributed by atoms with Crippen LogP contribution in [0, 0.1) is 0 Å². The Bertz CT molecular complexity index is 592. The number of carboxylic acid groups (broad SMARTS) is 1. The maximum Gasteiger partial charge on any atom is 0.335 e. The van der Waals surface area contributed by atoms with Crippen molar-refractivity contribution < 1.29 is 24.5 Å². The average molecular weight is 272 g/mol. The van der Waals surface area contributed by atoms with E-state index < -0.39 is 41.8 Å². The summed E-state index contributed by atoms with van der Waals surface area (Å²) in [6.45, 7) is 0. The van der Waals surface area contributed by atoms with Crippen molar-refractivity contribution in [1.82, 2.24) is 9.55 Å². The lowest BCUT2D eigenvalue weighted by Crippen LogP contribution is -2.39. The minimum absolute atomic E-state index is 0.594. The minimum Gasteiger partial charge on any atom is -0.479 e. The van der Waals surface area contributed by atoms with Crippen LogP contribution in [-0.4, -0.2) is 51.2 Å². The summed E-state index contributed by atoms with van der Waals surface area (Å²) in [6, 6.07) is 1.08. The molecular weight excluding hydrogens is 260 g/mol. The van der Waals surface area contributed by atoms with Crippen molar-refractivity contribution in [2.45, 2.75) is 24.5 Å². The summed E-state index contributed by atoms with van der Waals surface area (Å²) in [6.07, 6.45) is -3.95. The van der Waals surface area contributed by atoms with Gasteiger partial charge in [0.15, 0.2) is 12.3 Å². The van der Waals surface area contributed by atoms with E-state index >= 15 is 0 Å². The highest BCUT2D eigenvalue weighted by molar-refractivity contribution is 5.73. The van der Waals surface area contributed by atoms with E-state index in [1.54, 1.807) is 0 Å². The number of aliphatic hydroxyl groups excluding tert-OH is 1. The summed E-state index contributed by atoms with van der Waals surface area (Å²) in [5, 5.41) is 18.7. The van der Waals surface area contributed by atoms with Crippen LogP contribution in [-0.2, 0) is 14.3 Å². The van der Waals surface area contributed by atoms with E-state index in [1.807, 2.05) is 4.98 Å². The Kier molecular flexibility index (Phi) is 3.51. The number of aromatic amines is 1. The zero-order chi connectivity index (χ0) is 14.2. The van der Waals surface area contributed by atoms with Crippen LogP contribution in [0.1, 0.15) is 6.23 Å². The van der Waals surface area contributed by atoms with E-state index in [0.717, 1.165) is 16.8 Å². The molecule has 104 valence electrons. The van der Waals surface area contributed by atoms with Crippen LogP contribution in [0.2, 0.25) is 0 Å². The fourth-order valence-electron chi connectivity index (χ4n) is 1.96. The highest BCUT2D eigenvalue weighted by Gasteiger charge is 2.48. The van der Waals surface area contributed by atoms with Crippen LogP contribution in [0.5, 0.6) is 0 Å². The molecule has 0 aromatic carbocycles. The van der Waals surface area contributed by atoms with Gasteiger partial charge in [-0.15, -0.1) is 0 Å². The van der Waals surface area contributed by atoms with Gasteiger partial charge in [0.2, 0.25) is 0 Å². The van der Waals surface area contributed by atoms with Crippen molar-refractivity contribution in [1.29, 1.82) is 0 Å². The smallest absolute Gasteiger partial charge is 0.335 e. The number of aliphatic carboxylic acids is 1. The minimum atomic E-state index is -1.51. The maximum atomic E-state index is 11.6. The highest BCUT2D eigenvalue weighted by atomic mass is 16.6. The maximum absolute atomic E-state index is 11.6. The predicted molar refractivity (Wildman–Crippen MR) is 59.7 cm³/mol. The zero-order valence-electron chi connectivity index (χ0n) is 9.85. The lowest BCUT2D eigenvalue weighted by Gasteiger charge is -2.19. The number of carboxylic acids is 1. The molecule has 0 radical (unpaired) electrons. The molecule has 9 heteroatoms. The molecule has 1 saturated heterocycles. The van der Waals surface area contributed by atoms with Gasteiger partial charge >= 0.3 is 11.7 Å². The normalized spacial score (nSPS) is 30.4. The molecule has 1 aromatic rings. The van der Waals surface area contributed by atoms with Crippen molar-refractivity contribution in [3.63, 3.8) is 0 Å². The van der Waals surface area contributed by atoms with Crippen molar-refractivity contribution in [2.24, 2.45) is 0 Å². The van der Waals surface area contributed by atoms with Gasteiger partial charge in [-0.3, -0.25) is 14.3 Å². The molecule has 1 aliphatic rings.